The van der Waals surface area contributed by atoms with E-state index in [1.165, 1.54) is 11.8 Å². The maximum absolute atomic E-state index is 12.1. The molecule has 1 heterocycles. The largest absolute Gasteiger partial charge is 0.492 e. The van der Waals surface area contributed by atoms with Gasteiger partial charge in [0.05, 0.1) is 13.7 Å². The quantitative estimate of drug-likeness (QED) is 0.728. The Balaban J connectivity index is 2.30. The molecular weight excluding hydrogens is 318 g/mol. The van der Waals surface area contributed by atoms with E-state index in [-0.39, 0.29) is 5.12 Å². The third kappa shape index (κ3) is 4.08. The second-order valence-corrected chi connectivity index (χ2v) is 6.76. The fourth-order valence-electron chi connectivity index (χ4n) is 1.92. The van der Waals surface area contributed by atoms with E-state index in [1.54, 1.807) is 24.9 Å². The molecule has 0 N–H and O–H groups in total. The van der Waals surface area contributed by atoms with Crippen molar-refractivity contribution in [3.05, 3.63) is 29.5 Å². The van der Waals surface area contributed by atoms with Gasteiger partial charge in [0.15, 0.2) is 11.5 Å². The number of carbonyl (C=O) groups is 1. The van der Waals surface area contributed by atoms with Crippen LogP contribution in [0.1, 0.15) is 25.8 Å². The number of hydrogen-bond acceptors (Lipinski definition) is 6. The zero-order valence-corrected chi connectivity index (χ0v) is 14.6. The second-order valence-electron chi connectivity index (χ2n) is 4.46. The van der Waals surface area contributed by atoms with Crippen molar-refractivity contribution in [2.45, 2.75) is 20.3 Å². The Labute approximate surface area is 139 Å². The molecule has 22 heavy (non-hydrogen) atoms. The predicted molar refractivity (Wildman–Crippen MR) is 94.9 cm³/mol. The maximum Gasteiger partial charge on any atom is 0.244 e. The van der Waals surface area contributed by atoms with Gasteiger partial charge in [0.1, 0.15) is 10.1 Å². The predicted octanol–water partition coefficient (Wildman–Crippen LogP) is 4.21. The fourth-order valence-corrected chi connectivity index (χ4v) is 3.69. The van der Waals surface area contributed by atoms with Gasteiger partial charge in [-0.3, -0.25) is 4.79 Å². The topological polar surface area (TPSA) is 47.9 Å². The van der Waals surface area contributed by atoms with Gasteiger partial charge in [-0.15, -0.1) is 0 Å². The lowest BCUT2D eigenvalue weighted by Crippen LogP contribution is -1.97. The van der Waals surface area contributed by atoms with Gasteiger partial charge < -0.3 is 9.47 Å². The van der Waals surface area contributed by atoms with Crippen LogP contribution in [0.5, 0.6) is 11.5 Å². The average molecular weight is 337 g/mol. The lowest BCUT2D eigenvalue weighted by Gasteiger charge is -2.11. The number of rotatable bonds is 6. The minimum absolute atomic E-state index is 0.0255. The van der Waals surface area contributed by atoms with Crippen molar-refractivity contribution in [1.29, 1.82) is 0 Å². The van der Waals surface area contributed by atoms with Crippen molar-refractivity contribution < 1.29 is 14.3 Å². The van der Waals surface area contributed by atoms with E-state index >= 15 is 0 Å². The molecule has 0 atom stereocenters. The Morgan fingerprint density at radius 2 is 2.18 bits per heavy atom. The van der Waals surface area contributed by atoms with Gasteiger partial charge in [0.25, 0.3) is 0 Å². The summed E-state index contributed by atoms with van der Waals surface area (Å²) in [7, 11) is 1.59. The highest BCUT2D eigenvalue weighted by molar-refractivity contribution is 8.45. The third-order valence-corrected chi connectivity index (χ3v) is 5.05. The van der Waals surface area contributed by atoms with E-state index in [4.69, 9.17) is 9.47 Å². The summed E-state index contributed by atoms with van der Waals surface area (Å²) in [5, 5.41) is -0.0255. The smallest absolute Gasteiger partial charge is 0.244 e. The Bertz CT molecular complexity index is 611. The average Bonchev–Trinajstić information content (AvgIpc) is 2.86. The maximum atomic E-state index is 12.1. The summed E-state index contributed by atoms with van der Waals surface area (Å²) in [4.78, 5) is 16.5. The SMILES string of the molecule is CCCSC1=N/C(=C/c2cccc(OCC)c2OC)C(=O)S1. The number of benzene rings is 1. The molecular formula is C16H19NO3S2. The number of thioether (sulfide) groups is 2. The molecule has 2 rings (SSSR count). The van der Waals surface area contributed by atoms with E-state index in [9.17, 15) is 4.79 Å². The van der Waals surface area contributed by atoms with Gasteiger partial charge >= 0.3 is 0 Å². The van der Waals surface area contributed by atoms with Crippen LogP contribution < -0.4 is 9.47 Å². The van der Waals surface area contributed by atoms with Gasteiger partial charge in [-0.25, -0.2) is 4.99 Å². The molecule has 0 fully saturated rings. The molecule has 0 bridgehead atoms. The Kier molecular flexibility index (Phi) is 6.39. The Morgan fingerprint density at radius 3 is 2.86 bits per heavy atom. The molecule has 0 saturated heterocycles. The summed E-state index contributed by atoms with van der Waals surface area (Å²) in [5.74, 6) is 2.26. The van der Waals surface area contributed by atoms with Crippen molar-refractivity contribution in [2.75, 3.05) is 19.5 Å². The van der Waals surface area contributed by atoms with Crippen LogP contribution in [0.4, 0.5) is 0 Å². The lowest BCUT2D eigenvalue weighted by molar-refractivity contribution is -0.107. The highest BCUT2D eigenvalue weighted by Crippen LogP contribution is 2.36. The number of carbonyl (C=O) groups excluding carboxylic acids is 1. The molecule has 4 nitrogen and oxygen atoms in total. The Morgan fingerprint density at radius 1 is 1.36 bits per heavy atom. The van der Waals surface area contributed by atoms with Crippen molar-refractivity contribution >= 4 is 39.1 Å². The van der Waals surface area contributed by atoms with Gasteiger partial charge in [0, 0.05) is 5.56 Å². The van der Waals surface area contributed by atoms with Crippen molar-refractivity contribution in [3.63, 3.8) is 0 Å². The number of nitrogens with zero attached hydrogens (tertiary/aromatic N) is 1. The van der Waals surface area contributed by atoms with Crippen molar-refractivity contribution in [1.82, 2.24) is 0 Å². The first-order chi connectivity index (χ1) is 10.7. The minimum Gasteiger partial charge on any atom is -0.492 e. The first-order valence-corrected chi connectivity index (χ1v) is 8.95. The van der Waals surface area contributed by atoms with Gasteiger partial charge in [-0.2, -0.15) is 0 Å². The molecule has 0 amide bonds. The molecule has 0 aliphatic carbocycles. The van der Waals surface area contributed by atoms with E-state index in [0.29, 0.717) is 23.8 Å². The van der Waals surface area contributed by atoms with Crippen LogP contribution in [-0.4, -0.2) is 29.0 Å². The zero-order valence-electron chi connectivity index (χ0n) is 12.9. The molecule has 118 valence electrons. The summed E-state index contributed by atoms with van der Waals surface area (Å²) in [6.45, 7) is 4.58. The van der Waals surface area contributed by atoms with Crippen LogP contribution in [0.3, 0.4) is 0 Å². The van der Waals surface area contributed by atoms with Crippen LogP contribution in [0.15, 0.2) is 28.9 Å². The van der Waals surface area contributed by atoms with E-state index in [2.05, 4.69) is 11.9 Å². The number of ether oxygens (including phenoxy) is 2. The van der Waals surface area contributed by atoms with Crippen LogP contribution in [0.2, 0.25) is 0 Å². The molecule has 1 aromatic rings. The number of methoxy groups -OCH3 is 1. The molecule has 1 aromatic carbocycles. The van der Waals surface area contributed by atoms with Crippen molar-refractivity contribution in [3.8, 4) is 11.5 Å². The molecule has 0 spiro atoms. The molecule has 0 aromatic heterocycles. The molecule has 0 saturated carbocycles. The standard InChI is InChI=1S/C16H19NO3S2/c1-4-9-21-16-17-12(15(18)22-16)10-11-7-6-8-13(20-5-2)14(11)19-3/h6-8,10H,4-5,9H2,1-3H3/b12-10+. The molecule has 0 radical (unpaired) electrons. The molecule has 6 heteroatoms. The first kappa shape index (κ1) is 17.0. The zero-order chi connectivity index (χ0) is 15.9. The number of aliphatic imine (C=N–C) groups is 1. The third-order valence-electron chi connectivity index (χ3n) is 2.84. The summed E-state index contributed by atoms with van der Waals surface area (Å²) in [6, 6.07) is 5.61. The van der Waals surface area contributed by atoms with E-state index in [0.717, 1.165) is 22.1 Å². The van der Waals surface area contributed by atoms with Crippen LogP contribution >= 0.6 is 23.5 Å². The first-order valence-electron chi connectivity index (χ1n) is 7.14. The van der Waals surface area contributed by atoms with Crippen LogP contribution in [0.25, 0.3) is 6.08 Å². The molecule has 0 unspecified atom stereocenters. The highest BCUT2D eigenvalue weighted by atomic mass is 32.2. The molecule has 1 aliphatic heterocycles. The summed E-state index contributed by atoms with van der Waals surface area (Å²) < 4.78 is 11.8. The minimum atomic E-state index is -0.0255. The van der Waals surface area contributed by atoms with Gasteiger partial charge in [0.2, 0.25) is 5.12 Å². The lowest BCUT2D eigenvalue weighted by atomic mass is 10.1. The normalized spacial score (nSPS) is 16.0. The number of hydrogen-bond donors (Lipinski definition) is 0. The molecule has 1 aliphatic rings. The summed E-state index contributed by atoms with van der Waals surface area (Å²) >= 11 is 2.81. The highest BCUT2D eigenvalue weighted by Gasteiger charge is 2.23. The second kappa shape index (κ2) is 8.29. The van der Waals surface area contributed by atoms with Crippen molar-refractivity contribution in [2.24, 2.45) is 4.99 Å². The summed E-state index contributed by atoms with van der Waals surface area (Å²) in [5.41, 5.74) is 1.25. The monoisotopic (exact) mass is 337 g/mol. The van der Waals surface area contributed by atoms with Gasteiger partial charge in [-0.1, -0.05) is 30.8 Å². The van der Waals surface area contributed by atoms with Crippen LogP contribution in [-0.2, 0) is 4.79 Å². The summed E-state index contributed by atoms with van der Waals surface area (Å²) in [6.07, 6.45) is 2.82. The van der Waals surface area contributed by atoms with E-state index < -0.39 is 0 Å². The van der Waals surface area contributed by atoms with Gasteiger partial charge in [-0.05, 0) is 43.0 Å². The Hall–Kier alpha value is -1.40. The van der Waals surface area contributed by atoms with E-state index in [1.807, 2.05) is 25.1 Å². The van der Waals surface area contributed by atoms with Crippen LogP contribution in [0, 0.1) is 0 Å². The number of para-hydroxylation sites is 1. The fraction of sp³-hybridized carbons (Fsp3) is 0.375.